The maximum Gasteiger partial charge on any atom is 0.275 e. The molecule has 0 atom stereocenters. The molecule has 3 rings (SSSR count). The summed E-state index contributed by atoms with van der Waals surface area (Å²) in [4.78, 5) is 12.6. The summed E-state index contributed by atoms with van der Waals surface area (Å²) in [5, 5.41) is 4.72. The third-order valence-electron chi connectivity index (χ3n) is 4.08. The molecule has 0 spiro atoms. The summed E-state index contributed by atoms with van der Waals surface area (Å²) in [6.45, 7) is 4.34. The molecule has 0 aliphatic carbocycles. The Morgan fingerprint density at radius 2 is 1.67 bits per heavy atom. The van der Waals surface area contributed by atoms with Crippen LogP contribution in [-0.2, 0) is 6.61 Å². The highest BCUT2D eigenvalue weighted by Crippen LogP contribution is 2.20. The zero-order chi connectivity index (χ0) is 21.2. The molecule has 0 heterocycles. The van der Waals surface area contributed by atoms with Crippen molar-refractivity contribution in [3.63, 3.8) is 0 Å². The van der Waals surface area contributed by atoms with Crippen LogP contribution in [0, 0.1) is 0 Å². The van der Waals surface area contributed by atoms with Crippen LogP contribution in [0.3, 0.4) is 0 Å². The van der Waals surface area contributed by atoms with Crippen LogP contribution in [0.5, 0.6) is 11.5 Å². The topological polar surface area (TPSA) is 59.9 Å². The third kappa shape index (κ3) is 5.96. The minimum Gasteiger partial charge on any atom is -0.489 e. The monoisotopic (exact) mass is 420 g/mol. The fourth-order valence-corrected chi connectivity index (χ4v) is 2.74. The van der Waals surface area contributed by atoms with Crippen LogP contribution >= 0.6 is 11.6 Å². The summed E-state index contributed by atoms with van der Waals surface area (Å²) in [5.74, 6) is 0.749. The Kier molecular flexibility index (Phi) is 7.64. The van der Waals surface area contributed by atoms with Crippen molar-refractivity contribution in [1.82, 2.24) is 5.43 Å². The number of halogens is 1. The first-order valence-electron chi connectivity index (χ1n) is 9.30. The number of hydrazone groups is 1. The fourth-order valence-electron chi connectivity index (χ4n) is 2.61. The summed E-state index contributed by atoms with van der Waals surface area (Å²) in [5.41, 5.74) is 4.61. The number of benzene rings is 3. The first-order valence-corrected chi connectivity index (χ1v) is 9.67. The van der Waals surface area contributed by atoms with Gasteiger partial charge in [0.15, 0.2) is 0 Å². The lowest BCUT2D eigenvalue weighted by atomic mass is 10.2. The lowest BCUT2D eigenvalue weighted by Gasteiger charge is -2.10. The quantitative estimate of drug-likeness (QED) is 0.292. The molecule has 5 nitrogen and oxygen atoms in total. The highest BCUT2D eigenvalue weighted by Gasteiger charge is 2.11. The lowest BCUT2D eigenvalue weighted by molar-refractivity contribution is 0.0950. The van der Waals surface area contributed by atoms with Crippen molar-refractivity contribution < 1.29 is 14.3 Å². The minimum absolute atomic E-state index is 0.318. The number of amides is 1. The van der Waals surface area contributed by atoms with Crippen LogP contribution in [0.4, 0.5) is 0 Å². The second-order valence-corrected chi connectivity index (χ2v) is 6.68. The van der Waals surface area contributed by atoms with E-state index >= 15 is 0 Å². The molecule has 0 saturated carbocycles. The number of hydrogen-bond donors (Lipinski definition) is 1. The number of hydrogen-bond acceptors (Lipinski definition) is 4. The molecule has 1 N–H and O–H groups in total. The Balaban J connectivity index is 1.65. The van der Waals surface area contributed by atoms with Gasteiger partial charge in [-0.25, -0.2) is 5.43 Å². The second-order valence-electron chi connectivity index (χ2n) is 6.25. The van der Waals surface area contributed by atoms with Crippen molar-refractivity contribution in [2.45, 2.75) is 6.61 Å². The Morgan fingerprint density at radius 3 is 2.43 bits per heavy atom. The highest BCUT2D eigenvalue weighted by atomic mass is 35.5. The van der Waals surface area contributed by atoms with Crippen LogP contribution in [0.25, 0.3) is 0 Å². The van der Waals surface area contributed by atoms with Crippen LogP contribution in [0.2, 0.25) is 5.02 Å². The Labute approximate surface area is 180 Å². The van der Waals surface area contributed by atoms with E-state index in [0.29, 0.717) is 35.3 Å². The van der Waals surface area contributed by atoms with Gasteiger partial charge in [0.2, 0.25) is 0 Å². The van der Waals surface area contributed by atoms with E-state index in [2.05, 4.69) is 17.1 Å². The van der Waals surface area contributed by atoms with E-state index in [4.69, 9.17) is 21.1 Å². The van der Waals surface area contributed by atoms with E-state index in [1.54, 1.807) is 36.4 Å². The van der Waals surface area contributed by atoms with E-state index in [0.717, 1.165) is 11.1 Å². The predicted molar refractivity (Wildman–Crippen MR) is 119 cm³/mol. The van der Waals surface area contributed by atoms with E-state index < -0.39 is 0 Å². The second kappa shape index (κ2) is 10.8. The first kappa shape index (κ1) is 21.1. The van der Waals surface area contributed by atoms with Crippen molar-refractivity contribution in [2.75, 3.05) is 6.61 Å². The zero-order valence-electron chi connectivity index (χ0n) is 16.3. The van der Waals surface area contributed by atoms with Crippen molar-refractivity contribution in [2.24, 2.45) is 5.10 Å². The van der Waals surface area contributed by atoms with Gasteiger partial charge in [-0.3, -0.25) is 4.79 Å². The standard InChI is InChI=1S/C24H21ClN2O3/c1-2-15-29-22-9-5-3-7-19(22)16-26-27-24(28)21-8-4-6-10-23(21)30-17-18-11-13-20(25)14-12-18/h2-14,16H,1,15,17H2,(H,27,28). The molecule has 0 saturated heterocycles. The Morgan fingerprint density at radius 1 is 0.967 bits per heavy atom. The van der Waals surface area contributed by atoms with Gasteiger partial charge in [-0.2, -0.15) is 5.10 Å². The average molecular weight is 421 g/mol. The molecule has 30 heavy (non-hydrogen) atoms. The lowest BCUT2D eigenvalue weighted by Crippen LogP contribution is -2.18. The molecule has 3 aromatic carbocycles. The zero-order valence-corrected chi connectivity index (χ0v) is 17.0. The van der Waals surface area contributed by atoms with E-state index in [1.807, 2.05) is 42.5 Å². The molecule has 0 aliphatic heterocycles. The Bertz CT molecular complexity index is 1030. The summed E-state index contributed by atoms with van der Waals surface area (Å²) < 4.78 is 11.4. The van der Waals surface area contributed by atoms with Crippen molar-refractivity contribution >= 4 is 23.7 Å². The average Bonchev–Trinajstić information content (AvgIpc) is 2.78. The number of ether oxygens (including phenoxy) is 2. The van der Waals surface area contributed by atoms with E-state index in [1.165, 1.54) is 6.21 Å². The summed E-state index contributed by atoms with van der Waals surface area (Å²) in [7, 11) is 0. The molecule has 1 amide bonds. The number of carbonyl (C=O) groups excluding carboxylic acids is 1. The van der Waals surface area contributed by atoms with Gasteiger partial charge < -0.3 is 9.47 Å². The van der Waals surface area contributed by atoms with E-state index in [-0.39, 0.29) is 5.91 Å². The number of carbonyl (C=O) groups is 1. The van der Waals surface area contributed by atoms with Crippen molar-refractivity contribution in [3.8, 4) is 11.5 Å². The number of para-hydroxylation sites is 2. The highest BCUT2D eigenvalue weighted by molar-refractivity contribution is 6.30. The van der Waals surface area contributed by atoms with E-state index in [9.17, 15) is 4.79 Å². The van der Waals surface area contributed by atoms with Crippen LogP contribution in [0.1, 0.15) is 21.5 Å². The van der Waals surface area contributed by atoms with Gasteiger partial charge in [0.25, 0.3) is 5.91 Å². The summed E-state index contributed by atoms with van der Waals surface area (Å²) >= 11 is 5.90. The van der Waals surface area contributed by atoms with Gasteiger partial charge in [0.1, 0.15) is 24.7 Å². The molecule has 0 aromatic heterocycles. The van der Waals surface area contributed by atoms with Crippen LogP contribution in [0.15, 0.2) is 90.6 Å². The number of nitrogens with one attached hydrogen (secondary N) is 1. The molecule has 0 unspecified atom stereocenters. The molecule has 0 bridgehead atoms. The summed E-state index contributed by atoms with van der Waals surface area (Å²) in [6.07, 6.45) is 3.20. The van der Waals surface area contributed by atoms with Gasteiger partial charge in [-0.15, -0.1) is 0 Å². The van der Waals surface area contributed by atoms with Gasteiger partial charge in [0.05, 0.1) is 11.8 Å². The SMILES string of the molecule is C=CCOc1ccccc1C=NNC(=O)c1ccccc1OCc1ccc(Cl)cc1. The largest absolute Gasteiger partial charge is 0.489 e. The molecule has 0 aliphatic rings. The maximum absolute atomic E-state index is 12.6. The normalized spacial score (nSPS) is 10.6. The maximum atomic E-state index is 12.6. The molecule has 0 fully saturated rings. The minimum atomic E-state index is -0.373. The van der Waals surface area contributed by atoms with Gasteiger partial charge in [0, 0.05) is 10.6 Å². The Hall–Kier alpha value is -3.57. The molecule has 152 valence electrons. The number of nitrogens with zero attached hydrogens (tertiary/aromatic N) is 1. The molecular formula is C24H21ClN2O3. The van der Waals surface area contributed by atoms with Crippen LogP contribution in [-0.4, -0.2) is 18.7 Å². The number of rotatable bonds is 9. The fraction of sp³-hybridized carbons (Fsp3) is 0.0833. The van der Waals surface area contributed by atoms with Crippen molar-refractivity contribution in [1.29, 1.82) is 0 Å². The molecule has 0 radical (unpaired) electrons. The first-order chi connectivity index (χ1) is 14.7. The van der Waals surface area contributed by atoms with Gasteiger partial charge >= 0.3 is 0 Å². The van der Waals surface area contributed by atoms with Crippen molar-refractivity contribution in [3.05, 3.63) is 107 Å². The van der Waals surface area contributed by atoms with Gasteiger partial charge in [-0.05, 0) is 42.0 Å². The molecular weight excluding hydrogens is 400 g/mol. The predicted octanol–water partition coefficient (Wildman–Crippen LogP) is 5.25. The smallest absolute Gasteiger partial charge is 0.275 e. The third-order valence-corrected chi connectivity index (χ3v) is 4.34. The van der Waals surface area contributed by atoms with Crippen LogP contribution < -0.4 is 14.9 Å². The molecule has 3 aromatic rings. The molecule has 6 heteroatoms. The summed E-state index contributed by atoms with van der Waals surface area (Å²) in [6, 6.07) is 21.7. The van der Waals surface area contributed by atoms with Gasteiger partial charge in [-0.1, -0.05) is 60.7 Å².